The molecule has 3 rings (SSSR count). The third-order valence-corrected chi connectivity index (χ3v) is 5.31. The molecule has 0 bridgehead atoms. The van der Waals surface area contributed by atoms with Gasteiger partial charge >= 0.3 is 0 Å². The highest BCUT2D eigenvalue weighted by molar-refractivity contribution is 7.92. The highest BCUT2D eigenvalue weighted by Crippen LogP contribution is 2.18. The van der Waals surface area contributed by atoms with Gasteiger partial charge in [0.25, 0.3) is 15.9 Å². The lowest BCUT2D eigenvalue weighted by molar-refractivity contribution is 0.0939. The molecule has 0 aliphatic rings. The van der Waals surface area contributed by atoms with Gasteiger partial charge in [-0.1, -0.05) is 30.3 Å². The number of hydrogen-bond acceptors (Lipinski definition) is 4. The second kappa shape index (κ2) is 8.01. The summed E-state index contributed by atoms with van der Waals surface area (Å²) in [4.78, 5) is 16.9. The standard InChI is InChI=1S/C20H19N3O3S/c1-15(19-12-5-6-13-21-19)22-20(24)16-8-7-9-17(14-16)23-27(25,26)18-10-3-2-4-11-18/h2-15,23H,1H3,(H,22,24). The molecule has 0 saturated heterocycles. The fourth-order valence-corrected chi connectivity index (χ4v) is 3.59. The third kappa shape index (κ3) is 4.71. The molecule has 2 aromatic carbocycles. The number of rotatable bonds is 6. The van der Waals surface area contributed by atoms with E-state index in [1.807, 2.05) is 19.1 Å². The molecule has 27 heavy (non-hydrogen) atoms. The van der Waals surface area contributed by atoms with E-state index in [2.05, 4.69) is 15.0 Å². The first-order chi connectivity index (χ1) is 13.0. The van der Waals surface area contributed by atoms with Gasteiger partial charge in [-0.05, 0) is 49.4 Å². The number of benzene rings is 2. The van der Waals surface area contributed by atoms with Gasteiger partial charge in [-0.25, -0.2) is 8.42 Å². The molecule has 0 fully saturated rings. The number of pyridine rings is 1. The molecule has 3 aromatic rings. The molecule has 1 atom stereocenters. The van der Waals surface area contributed by atoms with Crippen LogP contribution in [0.1, 0.15) is 29.0 Å². The van der Waals surface area contributed by atoms with Crippen molar-refractivity contribution in [1.82, 2.24) is 10.3 Å². The lowest BCUT2D eigenvalue weighted by Gasteiger charge is -2.14. The molecule has 0 aliphatic heterocycles. The topological polar surface area (TPSA) is 88.2 Å². The number of anilines is 1. The Kier molecular flexibility index (Phi) is 5.52. The average molecular weight is 381 g/mol. The van der Waals surface area contributed by atoms with E-state index in [1.54, 1.807) is 48.7 Å². The van der Waals surface area contributed by atoms with Crippen LogP contribution in [0, 0.1) is 0 Å². The predicted octanol–water partition coefficient (Wildman–Crippen LogP) is 3.37. The second-order valence-electron chi connectivity index (χ2n) is 5.95. The van der Waals surface area contributed by atoms with Crippen LogP contribution in [0.2, 0.25) is 0 Å². The molecule has 7 heteroatoms. The smallest absolute Gasteiger partial charge is 0.261 e. The van der Waals surface area contributed by atoms with Crippen molar-refractivity contribution in [1.29, 1.82) is 0 Å². The summed E-state index contributed by atoms with van der Waals surface area (Å²) in [5, 5.41) is 2.86. The predicted molar refractivity (Wildman–Crippen MR) is 104 cm³/mol. The summed E-state index contributed by atoms with van der Waals surface area (Å²) >= 11 is 0. The Hall–Kier alpha value is -3.19. The first kappa shape index (κ1) is 18.6. The Morgan fingerprint density at radius 1 is 0.963 bits per heavy atom. The van der Waals surface area contributed by atoms with E-state index in [0.717, 1.165) is 5.69 Å². The van der Waals surface area contributed by atoms with Crippen molar-refractivity contribution in [3.8, 4) is 0 Å². The Morgan fingerprint density at radius 3 is 2.41 bits per heavy atom. The van der Waals surface area contributed by atoms with Crippen LogP contribution < -0.4 is 10.0 Å². The molecular formula is C20H19N3O3S. The quantitative estimate of drug-likeness (QED) is 0.685. The zero-order valence-electron chi connectivity index (χ0n) is 14.7. The van der Waals surface area contributed by atoms with E-state index in [1.165, 1.54) is 18.2 Å². The van der Waals surface area contributed by atoms with Gasteiger partial charge in [-0.3, -0.25) is 14.5 Å². The Bertz CT molecular complexity index is 1020. The van der Waals surface area contributed by atoms with Gasteiger partial charge in [-0.15, -0.1) is 0 Å². The summed E-state index contributed by atoms with van der Waals surface area (Å²) in [7, 11) is -3.71. The van der Waals surface area contributed by atoms with Gasteiger partial charge in [0.15, 0.2) is 0 Å². The first-order valence-corrected chi connectivity index (χ1v) is 9.84. The van der Waals surface area contributed by atoms with Gasteiger partial charge in [0, 0.05) is 17.4 Å². The van der Waals surface area contributed by atoms with Crippen molar-refractivity contribution in [3.63, 3.8) is 0 Å². The minimum Gasteiger partial charge on any atom is -0.344 e. The number of hydrogen-bond donors (Lipinski definition) is 2. The maximum atomic E-state index is 12.5. The minimum atomic E-state index is -3.71. The largest absolute Gasteiger partial charge is 0.344 e. The Morgan fingerprint density at radius 2 is 1.70 bits per heavy atom. The molecule has 6 nitrogen and oxygen atoms in total. The highest BCUT2D eigenvalue weighted by atomic mass is 32.2. The van der Waals surface area contributed by atoms with E-state index in [-0.39, 0.29) is 16.8 Å². The molecule has 0 saturated carbocycles. The molecule has 2 N–H and O–H groups in total. The van der Waals surface area contributed by atoms with Crippen LogP contribution in [0.15, 0.2) is 83.9 Å². The Balaban J connectivity index is 1.74. The number of carbonyl (C=O) groups excluding carboxylic acids is 1. The van der Waals surface area contributed by atoms with E-state index in [9.17, 15) is 13.2 Å². The molecule has 0 aliphatic carbocycles. The van der Waals surface area contributed by atoms with Crippen LogP contribution >= 0.6 is 0 Å². The summed E-state index contributed by atoms with van der Waals surface area (Å²) in [6, 6.07) is 19.6. The van der Waals surface area contributed by atoms with Crippen LogP contribution in [0.4, 0.5) is 5.69 Å². The fraction of sp³-hybridized carbons (Fsp3) is 0.100. The monoisotopic (exact) mass is 381 g/mol. The zero-order valence-corrected chi connectivity index (χ0v) is 15.5. The van der Waals surface area contributed by atoms with Crippen molar-refractivity contribution in [2.75, 3.05) is 4.72 Å². The molecule has 0 spiro atoms. The third-order valence-electron chi connectivity index (χ3n) is 3.91. The van der Waals surface area contributed by atoms with Gasteiger partial charge in [0.1, 0.15) is 0 Å². The SMILES string of the molecule is CC(NC(=O)c1cccc(NS(=O)(=O)c2ccccc2)c1)c1ccccn1. The van der Waals surface area contributed by atoms with E-state index >= 15 is 0 Å². The van der Waals surface area contributed by atoms with Crippen LogP contribution in [-0.4, -0.2) is 19.3 Å². The normalized spacial score (nSPS) is 12.2. The van der Waals surface area contributed by atoms with Gasteiger partial charge in [0.05, 0.1) is 16.6 Å². The molecule has 1 aromatic heterocycles. The number of nitrogens with one attached hydrogen (secondary N) is 2. The Labute approximate surface area is 158 Å². The molecular weight excluding hydrogens is 362 g/mol. The molecule has 138 valence electrons. The van der Waals surface area contributed by atoms with Gasteiger partial charge < -0.3 is 5.32 Å². The first-order valence-electron chi connectivity index (χ1n) is 8.35. The fourth-order valence-electron chi connectivity index (χ4n) is 2.52. The summed E-state index contributed by atoms with van der Waals surface area (Å²) in [5.74, 6) is -0.311. The lowest BCUT2D eigenvalue weighted by Crippen LogP contribution is -2.27. The van der Waals surface area contributed by atoms with Crippen molar-refractivity contribution in [2.45, 2.75) is 17.9 Å². The highest BCUT2D eigenvalue weighted by Gasteiger charge is 2.16. The van der Waals surface area contributed by atoms with Crippen LogP contribution in [0.3, 0.4) is 0 Å². The summed E-state index contributed by atoms with van der Waals surface area (Å²) in [6.07, 6.45) is 1.66. The summed E-state index contributed by atoms with van der Waals surface area (Å²) < 4.78 is 27.3. The number of carbonyl (C=O) groups is 1. The van der Waals surface area contributed by atoms with E-state index in [4.69, 9.17) is 0 Å². The molecule has 1 amide bonds. The maximum absolute atomic E-state index is 12.5. The zero-order chi connectivity index (χ0) is 19.3. The van der Waals surface area contributed by atoms with Crippen molar-refractivity contribution in [2.24, 2.45) is 0 Å². The number of sulfonamides is 1. The maximum Gasteiger partial charge on any atom is 0.261 e. The molecule has 1 unspecified atom stereocenters. The van der Waals surface area contributed by atoms with Crippen molar-refractivity contribution >= 4 is 21.6 Å². The number of nitrogens with zero attached hydrogens (tertiary/aromatic N) is 1. The van der Waals surface area contributed by atoms with Gasteiger partial charge in [0.2, 0.25) is 0 Å². The van der Waals surface area contributed by atoms with Crippen molar-refractivity contribution in [3.05, 3.63) is 90.3 Å². The van der Waals surface area contributed by atoms with E-state index < -0.39 is 10.0 Å². The summed E-state index contributed by atoms with van der Waals surface area (Å²) in [5.41, 5.74) is 1.41. The van der Waals surface area contributed by atoms with Crippen LogP contribution in [-0.2, 0) is 10.0 Å². The average Bonchev–Trinajstić information content (AvgIpc) is 2.69. The molecule has 0 radical (unpaired) electrons. The summed E-state index contributed by atoms with van der Waals surface area (Å²) in [6.45, 7) is 1.84. The molecule has 1 heterocycles. The number of amides is 1. The second-order valence-corrected chi connectivity index (χ2v) is 7.63. The number of aromatic nitrogens is 1. The van der Waals surface area contributed by atoms with Gasteiger partial charge in [-0.2, -0.15) is 0 Å². The van der Waals surface area contributed by atoms with Crippen LogP contribution in [0.25, 0.3) is 0 Å². The van der Waals surface area contributed by atoms with Crippen molar-refractivity contribution < 1.29 is 13.2 Å². The van der Waals surface area contributed by atoms with Crippen LogP contribution in [0.5, 0.6) is 0 Å². The minimum absolute atomic E-state index is 0.156. The van der Waals surface area contributed by atoms with E-state index in [0.29, 0.717) is 11.3 Å². The lowest BCUT2D eigenvalue weighted by atomic mass is 10.1.